The molecule has 1 aliphatic rings. The van der Waals surface area contributed by atoms with E-state index in [-0.39, 0.29) is 11.9 Å². The number of nitrogens with zero attached hydrogens (tertiary/aromatic N) is 1. The zero-order chi connectivity index (χ0) is 14.5. The first kappa shape index (κ1) is 15.3. The van der Waals surface area contributed by atoms with E-state index in [1.165, 1.54) is 7.11 Å². The molecule has 0 saturated carbocycles. The minimum atomic E-state index is -0.0880. The van der Waals surface area contributed by atoms with Crippen LogP contribution in [0, 0.1) is 5.92 Å². The van der Waals surface area contributed by atoms with Crippen molar-refractivity contribution in [1.82, 2.24) is 4.90 Å². The highest BCUT2D eigenvalue weighted by Crippen LogP contribution is 2.23. The highest BCUT2D eigenvalue weighted by Gasteiger charge is 2.25. The Morgan fingerprint density at radius 2 is 2.15 bits per heavy atom. The molecule has 1 aromatic rings. The van der Waals surface area contributed by atoms with Crippen molar-refractivity contribution in [1.29, 1.82) is 0 Å². The van der Waals surface area contributed by atoms with E-state index in [1.54, 1.807) is 0 Å². The summed E-state index contributed by atoms with van der Waals surface area (Å²) >= 11 is 6.27. The maximum Gasteiger partial charge on any atom is 0.308 e. The number of likely N-dealkylation sites (tertiary alicyclic amines) is 1. The average molecular weight is 297 g/mol. The molecule has 5 heteroatoms. The molecule has 110 valence electrons. The average Bonchev–Trinajstić information content (AvgIpc) is 2.49. The molecule has 0 radical (unpaired) electrons. The Hall–Kier alpha value is -1.10. The minimum absolute atomic E-state index is 0.0475. The summed E-state index contributed by atoms with van der Waals surface area (Å²) in [5.74, 6) is -0.0404. The van der Waals surface area contributed by atoms with E-state index < -0.39 is 0 Å². The van der Waals surface area contributed by atoms with Crippen LogP contribution in [0.3, 0.4) is 0 Å². The number of hydrogen-bond acceptors (Lipinski definition) is 4. The van der Waals surface area contributed by atoms with Gasteiger partial charge in [0.2, 0.25) is 0 Å². The molecule has 4 nitrogen and oxygen atoms in total. The lowest BCUT2D eigenvalue weighted by Crippen LogP contribution is -2.36. The molecule has 1 aliphatic heterocycles. The van der Waals surface area contributed by atoms with Crippen LogP contribution >= 0.6 is 11.6 Å². The number of methoxy groups -OCH3 is 1. The molecule has 0 bridgehead atoms. The van der Waals surface area contributed by atoms with Gasteiger partial charge in [-0.15, -0.1) is 0 Å². The van der Waals surface area contributed by atoms with Crippen molar-refractivity contribution in [2.45, 2.75) is 25.9 Å². The molecule has 2 rings (SSSR count). The van der Waals surface area contributed by atoms with Crippen molar-refractivity contribution in [2.75, 3.05) is 20.2 Å². The van der Waals surface area contributed by atoms with Gasteiger partial charge in [0.1, 0.15) is 0 Å². The third-order valence-corrected chi connectivity index (χ3v) is 4.22. The fourth-order valence-corrected chi connectivity index (χ4v) is 2.84. The van der Waals surface area contributed by atoms with Crippen LogP contribution in [0.15, 0.2) is 18.2 Å². The lowest BCUT2D eigenvalue weighted by atomic mass is 9.96. The van der Waals surface area contributed by atoms with Gasteiger partial charge >= 0.3 is 5.97 Å². The Bertz CT molecular complexity index is 471. The monoisotopic (exact) mass is 296 g/mol. The number of ether oxygens (including phenoxy) is 1. The van der Waals surface area contributed by atoms with E-state index in [9.17, 15) is 4.79 Å². The van der Waals surface area contributed by atoms with E-state index in [2.05, 4.69) is 4.90 Å². The molecule has 1 heterocycles. The number of hydrogen-bond donors (Lipinski definition) is 1. The molecular formula is C15H21ClN2O2. The molecule has 0 atom stereocenters. The van der Waals surface area contributed by atoms with Gasteiger partial charge in [0.25, 0.3) is 0 Å². The van der Waals surface area contributed by atoms with Gasteiger partial charge in [-0.2, -0.15) is 0 Å². The van der Waals surface area contributed by atoms with Crippen LogP contribution in [0.25, 0.3) is 0 Å². The molecule has 0 amide bonds. The molecule has 0 unspecified atom stereocenters. The summed E-state index contributed by atoms with van der Waals surface area (Å²) in [6.45, 7) is 3.12. The van der Waals surface area contributed by atoms with Crippen molar-refractivity contribution in [3.05, 3.63) is 34.3 Å². The molecule has 20 heavy (non-hydrogen) atoms. The first-order valence-corrected chi connectivity index (χ1v) is 7.29. The number of rotatable bonds is 4. The fourth-order valence-electron chi connectivity index (χ4n) is 2.58. The largest absolute Gasteiger partial charge is 0.469 e. The Morgan fingerprint density at radius 3 is 2.70 bits per heavy atom. The van der Waals surface area contributed by atoms with Gasteiger partial charge in [-0.25, -0.2) is 0 Å². The van der Waals surface area contributed by atoms with Crippen molar-refractivity contribution >= 4 is 17.6 Å². The van der Waals surface area contributed by atoms with Crippen molar-refractivity contribution in [2.24, 2.45) is 11.7 Å². The van der Waals surface area contributed by atoms with Crippen LogP contribution < -0.4 is 5.73 Å². The summed E-state index contributed by atoms with van der Waals surface area (Å²) in [7, 11) is 1.45. The second-order valence-electron chi connectivity index (χ2n) is 5.20. The van der Waals surface area contributed by atoms with E-state index in [1.807, 2.05) is 18.2 Å². The Morgan fingerprint density at radius 1 is 1.45 bits per heavy atom. The predicted octanol–water partition coefficient (Wildman–Crippen LogP) is 2.18. The molecular weight excluding hydrogens is 276 g/mol. The Labute approximate surface area is 124 Å². The maximum atomic E-state index is 11.5. The third-order valence-electron chi connectivity index (χ3n) is 3.87. The fraction of sp³-hybridized carbons (Fsp3) is 0.533. The summed E-state index contributed by atoms with van der Waals surface area (Å²) < 4.78 is 4.80. The van der Waals surface area contributed by atoms with E-state index >= 15 is 0 Å². The predicted molar refractivity (Wildman–Crippen MR) is 79.4 cm³/mol. The second kappa shape index (κ2) is 7.07. The van der Waals surface area contributed by atoms with E-state index in [0.717, 1.165) is 48.6 Å². The highest BCUT2D eigenvalue weighted by atomic mass is 35.5. The van der Waals surface area contributed by atoms with E-state index in [4.69, 9.17) is 22.1 Å². The SMILES string of the molecule is COC(=O)C1CCN(Cc2ccc(CN)cc2Cl)CC1. The lowest BCUT2D eigenvalue weighted by molar-refractivity contribution is -0.147. The first-order chi connectivity index (χ1) is 9.63. The van der Waals surface area contributed by atoms with Gasteiger partial charge in [0.15, 0.2) is 0 Å². The lowest BCUT2D eigenvalue weighted by Gasteiger charge is -2.30. The van der Waals surface area contributed by atoms with Crippen LogP contribution in [-0.4, -0.2) is 31.1 Å². The summed E-state index contributed by atoms with van der Waals surface area (Å²) in [4.78, 5) is 13.8. The van der Waals surface area contributed by atoms with Gasteiger partial charge < -0.3 is 10.5 Å². The second-order valence-corrected chi connectivity index (χ2v) is 5.61. The third kappa shape index (κ3) is 3.72. The zero-order valence-electron chi connectivity index (χ0n) is 11.8. The number of halogens is 1. The normalized spacial score (nSPS) is 17.1. The first-order valence-electron chi connectivity index (χ1n) is 6.91. The number of esters is 1. The minimum Gasteiger partial charge on any atom is -0.469 e. The van der Waals surface area contributed by atoms with Crippen molar-refractivity contribution < 1.29 is 9.53 Å². The van der Waals surface area contributed by atoms with Gasteiger partial charge in [-0.3, -0.25) is 9.69 Å². The summed E-state index contributed by atoms with van der Waals surface area (Å²) in [5.41, 5.74) is 7.75. The van der Waals surface area contributed by atoms with Gasteiger partial charge in [0.05, 0.1) is 13.0 Å². The number of nitrogens with two attached hydrogens (primary N) is 1. The Kier molecular flexibility index (Phi) is 5.40. The Balaban J connectivity index is 1.91. The van der Waals surface area contributed by atoms with Crippen molar-refractivity contribution in [3.63, 3.8) is 0 Å². The van der Waals surface area contributed by atoms with Crippen LogP contribution in [0.4, 0.5) is 0 Å². The maximum absolute atomic E-state index is 11.5. The van der Waals surface area contributed by atoms with Gasteiger partial charge in [-0.05, 0) is 43.1 Å². The molecule has 0 aliphatic carbocycles. The number of piperidine rings is 1. The smallest absolute Gasteiger partial charge is 0.308 e. The van der Waals surface area contributed by atoms with Crippen molar-refractivity contribution in [3.8, 4) is 0 Å². The van der Waals surface area contributed by atoms with Crippen LogP contribution in [-0.2, 0) is 22.6 Å². The van der Waals surface area contributed by atoms with Gasteiger partial charge in [-0.1, -0.05) is 23.7 Å². The number of carbonyl (C=O) groups excluding carboxylic acids is 1. The van der Waals surface area contributed by atoms with Gasteiger partial charge in [0, 0.05) is 18.1 Å². The summed E-state index contributed by atoms with van der Waals surface area (Å²) in [6, 6.07) is 5.98. The van der Waals surface area contributed by atoms with Crippen LogP contribution in [0.1, 0.15) is 24.0 Å². The molecule has 1 fully saturated rings. The summed E-state index contributed by atoms with van der Waals surface area (Å²) in [6.07, 6.45) is 1.70. The molecule has 1 saturated heterocycles. The van der Waals surface area contributed by atoms with Crippen LogP contribution in [0.2, 0.25) is 5.02 Å². The quantitative estimate of drug-likeness (QED) is 0.865. The zero-order valence-corrected chi connectivity index (χ0v) is 12.5. The van der Waals surface area contributed by atoms with E-state index in [0.29, 0.717) is 6.54 Å². The van der Waals surface area contributed by atoms with Crippen LogP contribution in [0.5, 0.6) is 0 Å². The standard InChI is InChI=1S/C15H21ClN2O2/c1-20-15(19)12-4-6-18(7-5-12)10-13-3-2-11(9-17)8-14(13)16/h2-3,8,12H,4-7,9-10,17H2,1H3. The molecule has 0 aromatic heterocycles. The highest BCUT2D eigenvalue weighted by molar-refractivity contribution is 6.31. The molecule has 0 spiro atoms. The topological polar surface area (TPSA) is 55.6 Å². The molecule has 2 N–H and O–H groups in total. The number of carbonyl (C=O) groups is 1. The summed E-state index contributed by atoms with van der Waals surface area (Å²) in [5, 5.41) is 0.767. The number of benzene rings is 1. The molecule has 1 aromatic carbocycles.